The Kier molecular flexibility index (Phi) is 3.26. The number of nitrogen functional groups attached to an aromatic ring is 1. The molecule has 0 aliphatic heterocycles. The third-order valence-electron chi connectivity index (χ3n) is 3.04. The van der Waals surface area contributed by atoms with Crippen molar-refractivity contribution < 1.29 is 4.79 Å². The maximum absolute atomic E-state index is 12.4. The standard InChI is InChI=1S/C14H13N5OS/c1-7-3-4-9(8(2)18-7)19-13(20)12-10(15)11-14(21-12)17-6-5-16-11/h3-6H,15H2,1-2H3,(H,19,20). The average molecular weight is 299 g/mol. The zero-order valence-corrected chi connectivity index (χ0v) is 12.4. The van der Waals surface area contributed by atoms with Crippen LogP contribution in [0.25, 0.3) is 10.3 Å². The molecule has 6 nitrogen and oxygen atoms in total. The zero-order chi connectivity index (χ0) is 15.0. The number of thiophene rings is 1. The van der Waals surface area contributed by atoms with Crippen LogP contribution in [0.1, 0.15) is 21.1 Å². The predicted octanol–water partition coefficient (Wildman–Crippen LogP) is 2.54. The molecule has 7 heteroatoms. The number of carbonyl (C=O) groups is 1. The Balaban J connectivity index is 1.95. The average Bonchev–Trinajstić information content (AvgIpc) is 2.80. The molecule has 21 heavy (non-hydrogen) atoms. The summed E-state index contributed by atoms with van der Waals surface area (Å²) in [6, 6.07) is 3.68. The van der Waals surface area contributed by atoms with Gasteiger partial charge in [-0.05, 0) is 26.0 Å². The second kappa shape index (κ2) is 5.10. The Labute approximate surface area is 125 Å². The first-order chi connectivity index (χ1) is 10.1. The van der Waals surface area contributed by atoms with Crippen LogP contribution in [0.15, 0.2) is 24.5 Å². The highest BCUT2D eigenvalue weighted by Gasteiger charge is 2.18. The molecule has 3 aromatic rings. The van der Waals surface area contributed by atoms with Gasteiger partial charge in [-0.15, -0.1) is 11.3 Å². The molecule has 0 saturated heterocycles. The molecule has 0 aromatic carbocycles. The minimum Gasteiger partial charge on any atom is -0.396 e. The number of hydrogen-bond donors (Lipinski definition) is 2. The molecule has 0 unspecified atom stereocenters. The summed E-state index contributed by atoms with van der Waals surface area (Å²) in [5.41, 5.74) is 9.24. The van der Waals surface area contributed by atoms with Crippen molar-refractivity contribution in [3.05, 3.63) is 40.8 Å². The molecule has 0 aliphatic rings. The van der Waals surface area contributed by atoms with E-state index in [1.54, 1.807) is 12.4 Å². The van der Waals surface area contributed by atoms with E-state index in [4.69, 9.17) is 5.73 Å². The molecule has 1 amide bonds. The maximum atomic E-state index is 12.4. The SMILES string of the molecule is Cc1ccc(NC(=O)c2sc3nccnc3c2N)c(C)n1. The van der Waals surface area contributed by atoms with Crippen LogP contribution in [-0.2, 0) is 0 Å². The predicted molar refractivity (Wildman–Crippen MR) is 83.5 cm³/mol. The van der Waals surface area contributed by atoms with Crippen LogP contribution in [0, 0.1) is 13.8 Å². The van der Waals surface area contributed by atoms with E-state index in [2.05, 4.69) is 20.3 Å². The minimum atomic E-state index is -0.272. The molecule has 0 aliphatic carbocycles. The number of hydrogen-bond acceptors (Lipinski definition) is 6. The number of nitrogens with zero attached hydrogens (tertiary/aromatic N) is 3. The van der Waals surface area contributed by atoms with Gasteiger partial charge in [-0.25, -0.2) is 9.97 Å². The van der Waals surface area contributed by atoms with E-state index in [1.165, 1.54) is 11.3 Å². The van der Waals surface area contributed by atoms with Crippen molar-refractivity contribution in [2.24, 2.45) is 0 Å². The van der Waals surface area contributed by atoms with Gasteiger partial charge in [0, 0.05) is 18.1 Å². The van der Waals surface area contributed by atoms with E-state index in [-0.39, 0.29) is 5.91 Å². The highest BCUT2D eigenvalue weighted by atomic mass is 32.1. The topological polar surface area (TPSA) is 93.8 Å². The van der Waals surface area contributed by atoms with Crippen molar-refractivity contribution in [2.75, 3.05) is 11.1 Å². The lowest BCUT2D eigenvalue weighted by Crippen LogP contribution is -2.13. The summed E-state index contributed by atoms with van der Waals surface area (Å²) in [5.74, 6) is -0.272. The summed E-state index contributed by atoms with van der Waals surface area (Å²) >= 11 is 1.23. The molecule has 106 valence electrons. The molecular weight excluding hydrogens is 286 g/mol. The Morgan fingerprint density at radius 2 is 2.00 bits per heavy atom. The van der Waals surface area contributed by atoms with Crippen LogP contribution in [0.4, 0.5) is 11.4 Å². The smallest absolute Gasteiger partial charge is 0.268 e. The monoisotopic (exact) mass is 299 g/mol. The van der Waals surface area contributed by atoms with Crippen molar-refractivity contribution in [3.63, 3.8) is 0 Å². The number of amides is 1. The first-order valence-electron chi connectivity index (χ1n) is 6.31. The fourth-order valence-corrected chi connectivity index (χ4v) is 2.93. The van der Waals surface area contributed by atoms with Gasteiger partial charge in [-0.2, -0.15) is 0 Å². The first-order valence-corrected chi connectivity index (χ1v) is 7.12. The highest BCUT2D eigenvalue weighted by molar-refractivity contribution is 7.21. The fourth-order valence-electron chi connectivity index (χ4n) is 2.01. The van der Waals surface area contributed by atoms with Gasteiger partial charge >= 0.3 is 0 Å². The first kappa shape index (κ1) is 13.4. The fraction of sp³-hybridized carbons (Fsp3) is 0.143. The number of rotatable bonds is 2. The molecular formula is C14H13N5OS. The van der Waals surface area contributed by atoms with Crippen molar-refractivity contribution in [2.45, 2.75) is 13.8 Å². The molecule has 0 saturated carbocycles. The van der Waals surface area contributed by atoms with Gasteiger partial charge < -0.3 is 11.1 Å². The molecule has 3 heterocycles. The number of nitrogens with two attached hydrogens (primary N) is 1. The van der Waals surface area contributed by atoms with Crippen LogP contribution in [-0.4, -0.2) is 20.9 Å². The molecule has 0 atom stereocenters. The lowest BCUT2D eigenvalue weighted by Gasteiger charge is -2.07. The second-order valence-corrected chi connectivity index (χ2v) is 5.59. The van der Waals surface area contributed by atoms with Crippen LogP contribution in [0.5, 0.6) is 0 Å². The van der Waals surface area contributed by atoms with Crippen LogP contribution < -0.4 is 11.1 Å². The second-order valence-electron chi connectivity index (χ2n) is 4.59. The summed E-state index contributed by atoms with van der Waals surface area (Å²) in [4.78, 5) is 26.1. The van der Waals surface area contributed by atoms with Gasteiger partial charge in [0.25, 0.3) is 5.91 Å². The quantitative estimate of drug-likeness (QED) is 0.758. The number of fused-ring (bicyclic) bond motifs is 1. The Hall–Kier alpha value is -2.54. The number of nitrogens with one attached hydrogen (secondary N) is 1. The number of aromatic nitrogens is 3. The van der Waals surface area contributed by atoms with E-state index in [9.17, 15) is 4.79 Å². The summed E-state index contributed by atoms with van der Waals surface area (Å²) in [5, 5.41) is 2.83. The summed E-state index contributed by atoms with van der Waals surface area (Å²) in [6.45, 7) is 3.75. The third-order valence-corrected chi connectivity index (χ3v) is 4.14. The molecule has 0 spiro atoms. The van der Waals surface area contributed by atoms with Gasteiger partial charge in [0.05, 0.1) is 17.1 Å². The molecule has 3 aromatic heterocycles. The summed E-state index contributed by atoms with van der Waals surface area (Å²) in [7, 11) is 0. The van der Waals surface area contributed by atoms with Crippen molar-refractivity contribution in [1.29, 1.82) is 0 Å². The third kappa shape index (κ3) is 2.43. The largest absolute Gasteiger partial charge is 0.396 e. The van der Waals surface area contributed by atoms with Gasteiger partial charge in [-0.3, -0.25) is 9.78 Å². The van der Waals surface area contributed by atoms with Gasteiger partial charge in [-0.1, -0.05) is 0 Å². The molecule has 3 N–H and O–H groups in total. The minimum absolute atomic E-state index is 0.272. The van der Waals surface area contributed by atoms with E-state index < -0.39 is 0 Å². The molecule has 3 rings (SSSR count). The van der Waals surface area contributed by atoms with Gasteiger partial charge in [0.15, 0.2) is 0 Å². The lowest BCUT2D eigenvalue weighted by molar-refractivity contribution is 0.103. The Morgan fingerprint density at radius 3 is 2.71 bits per heavy atom. The maximum Gasteiger partial charge on any atom is 0.268 e. The van der Waals surface area contributed by atoms with Gasteiger partial charge in [0.2, 0.25) is 0 Å². The highest BCUT2D eigenvalue weighted by Crippen LogP contribution is 2.31. The summed E-state index contributed by atoms with van der Waals surface area (Å²) < 4.78 is 0. The van der Waals surface area contributed by atoms with Crippen LogP contribution >= 0.6 is 11.3 Å². The van der Waals surface area contributed by atoms with E-state index in [0.29, 0.717) is 26.6 Å². The van der Waals surface area contributed by atoms with E-state index >= 15 is 0 Å². The van der Waals surface area contributed by atoms with Crippen molar-refractivity contribution in [1.82, 2.24) is 15.0 Å². The van der Waals surface area contributed by atoms with E-state index in [0.717, 1.165) is 11.4 Å². The number of pyridine rings is 1. The molecule has 0 radical (unpaired) electrons. The normalized spacial score (nSPS) is 10.8. The van der Waals surface area contributed by atoms with Crippen molar-refractivity contribution >= 4 is 39.0 Å². The Morgan fingerprint density at radius 1 is 1.24 bits per heavy atom. The lowest BCUT2D eigenvalue weighted by atomic mass is 10.2. The van der Waals surface area contributed by atoms with Crippen LogP contribution in [0.2, 0.25) is 0 Å². The Bertz CT molecular complexity index is 842. The molecule has 0 fully saturated rings. The number of anilines is 2. The zero-order valence-electron chi connectivity index (χ0n) is 11.5. The number of carbonyl (C=O) groups excluding carboxylic acids is 1. The number of aryl methyl sites for hydroxylation is 2. The van der Waals surface area contributed by atoms with E-state index in [1.807, 2.05) is 26.0 Å². The van der Waals surface area contributed by atoms with Crippen LogP contribution in [0.3, 0.4) is 0 Å². The van der Waals surface area contributed by atoms with Crippen molar-refractivity contribution in [3.8, 4) is 0 Å². The summed E-state index contributed by atoms with van der Waals surface area (Å²) in [6.07, 6.45) is 3.13. The molecule has 0 bridgehead atoms. The van der Waals surface area contributed by atoms with Gasteiger partial charge in [0.1, 0.15) is 15.2 Å².